The summed E-state index contributed by atoms with van der Waals surface area (Å²) in [6.07, 6.45) is -3.31. The molecule has 4 aromatic carbocycles. The topological polar surface area (TPSA) is 94.9 Å². The molecule has 0 saturated carbocycles. The fourth-order valence-corrected chi connectivity index (χ4v) is 5.66. The Morgan fingerprint density at radius 1 is 0.833 bits per heavy atom. The third-order valence-corrected chi connectivity index (χ3v) is 8.21. The average Bonchev–Trinajstić information content (AvgIpc) is 3.06. The van der Waals surface area contributed by atoms with E-state index in [1.54, 1.807) is 24.3 Å². The van der Waals surface area contributed by atoms with Crippen molar-refractivity contribution in [2.75, 3.05) is 36.4 Å². The molecule has 1 amide bonds. The van der Waals surface area contributed by atoms with E-state index >= 15 is 4.39 Å². The molecular formula is C35H27F5N4O4. The predicted molar refractivity (Wildman–Crippen MR) is 170 cm³/mol. The molecule has 1 aliphatic rings. The highest BCUT2D eigenvalue weighted by Gasteiger charge is 2.30. The van der Waals surface area contributed by atoms with Crippen molar-refractivity contribution in [2.45, 2.75) is 12.7 Å². The number of alkyl halides is 3. The van der Waals surface area contributed by atoms with Gasteiger partial charge in [0.25, 0.3) is 5.91 Å². The summed E-state index contributed by atoms with van der Waals surface area (Å²) in [5, 5.41) is 12.1. The number of carbonyl (C=O) groups is 2. The van der Waals surface area contributed by atoms with Crippen LogP contribution in [-0.2, 0) is 12.7 Å². The number of fused-ring (bicyclic) bond motifs is 1. The quantitative estimate of drug-likeness (QED) is 0.192. The minimum atomic E-state index is -4.47. The fourth-order valence-electron chi connectivity index (χ4n) is 5.66. The Morgan fingerprint density at radius 2 is 1.48 bits per heavy atom. The molecule has 1 aliphatic heterocycles. The van der Waals surface area contributed by atoms with Crippen LogP contribution in [-0.4, -0.2) is 52.6 Å². The number of carboxylic acid groups (broad SMARTS) is 1. The molecule has 1 fully saturated rings. The molecule has 1 saturated heterocycles. The van der Waals surface area contributed by atoms with Crippen LogP contribution < -0.4 is 15.6 Å². The van der Waals surface area contributed by atoms with Gasteiger partial charge in [-0.1, -0.05) is 12.1 Å². The minimum Gasteiger partial charge on any atom is -0.477 e. The highest BCUT2D eigenvalue weighted by Crippen LogP contribution is 2.30. The summed E-state index contributed by atoms with van der Waals surface area (Å²) >= 11 is 0. The molecule has 5 aromatic rings. The number of piperazine rings is 1. The SMILES string of the molecule is O=C(Nc1ccc(C(F)(F)F)cc1)c1ccc(CN2CCN(c3cc4c(cc3F)c(=O)c(C(=O)O)cn4-c3ccc(F)cc3)CC2)cc1. The molecule has 48 heavy (non-hydrogen) atoms. The van der Waals surface area contributed by atoms with Crippen LogP contribution in [0.5, 0.6) is 0 Å². The van der Waals surface area contributed by atoms with Crippen molar-refractivity contribution in [1.82, 2.24) is 9.47 Å². The van der Waals surface area contributed by atoms with Gasteiger partial charge in [0, 0.05) is 61.2 Å². The predicted octanol–water partition coefficient (Wildman–Crippen LogP) is 6.56. The fraction of sp³-hybridized carbons (Fsp3) is 0.171. The maximum absolute atomic E-state index is 15.5. The molecule has 8 nitrogen and oxygen atoms in total. The third kappa shape index (κ3) is 6.76. The van der Waals surface area contributed by atoms with Crippen LogP contribution in [0.3, 0.4) is 0 Å². The van der Waals surface area contributed by atoms with Gasteiger partial charge in [0.15, 0.2) is 0 Å². The lowest BCUT2D eigenvalue weighted by atomic mass is 10.1. The monoisotopic (exact) mass is 662 g/mol. The van der Waals surface area contributed by atoms with Gasteiger partial charge in [-0.2, -0.15) is 13.2 Å². The Kier molecular flexibility index (Phi) is 8.71. The van der Waals surface area contributed by atoms with Crippen molar-refractivity contribution in [3.05, 3.63) is 135 Å². The molecule has 2 N–H and O–H groups in total. The standard InChI is InChI=1S/C35H27F5N4O4/c36-24-7-11-26(12-8-24)44-20-28(34(47)48)32(45)27-17-29(37)31(18-30(27)44)43-15-13-42(14-16-43)19-21-1-3-22(4-2-21)33(46)41-25-9-5-23(6-10-25)35(38,39)40/h1-12,17-18,20H,13-16,19H2,(H,41,46)(H,47,48). The lowest BCUT2D eigenvalue weighted by Crippen LogP contribution is -2.46. The molecule has 6 rings (SSSR count). The number of carbonyl (C=O) groups excluding carboxylic acids is 1. The normalized spacial score (nSPS) is 13.9. The summed E-state index contributed by atoms with van der Waals surface area (Å²) in [5.74, 6) is -3.09. The van der Waals surface area contributed by atoms with E-state index in [9.17, 15) is 37.1 Å². The molecule has 0 atom stereocenters. The van der Waals surface area contributed by atoms with Gasteiger partial charge in [0.05, 0.1) is 16.8 Å². The van der Waals surface area contributed by atoms with E-state index in [1.165, 1.54) is 47.0 Å². The lowest BCUT2D eigenvalue weighted by molar-refractivity contribution is -0.137. The Balaban J connectivity index is 1.13. The zero-order valence-corrected chi connectivity index (χ0v) is 25.1. The second-order valence-corrected chi connectivity index (χ2v) is 11.3. The number of nitrogens with one attached hydrogen (secondary N) is 1. The molecule has 0 bridgehead atoms. The number of amides is 1. The maximum atomic E-state index is 15.5. The third-order valence-electron chi connectivity index (χ3n) is 8.21. The van der Waals surface area contributed by atoms with Gasteiger partial charge < -0.3 is 19.9 Å². The summed E-state index contributed by atoms with van der Waals surface area (Å²) in [6.45, 7) is 2.58. The molecule has 1 aromatic heterocycles. The smallest absolute Gasteiger partial charge is 0.416 e. The van der Waals surface area contributed by atoms with Crippen LogP contribution in [0.1, 0.15) is 31.8 Å². The van der Waals surface area contributed by atoms with Crippen molar-refractivity contribution >= 4 is 34.2 Å². The van der Waals surface area contributed by atoms with E-state index in [1.807, 2.05) is 4.90 Å². The molecule has 2 heterocycles. The highest BCUT2D eigenvalue weighted by molar-refractivity contribution is 6.04. The Morgan fingerprint density at radius 3 is 2.08 bits per heavy atom. The first-order valence-corrected chi connectivity index (χ1v) is 14.8. The van der Waals surface area contributed by atoms with Crippen LogP contribution in [0.2, 0.25) is 0 Å². The zero-order chi connectivity index (χ0) is 34.2. The largest absolute Gasteiger partial charge is 0.477 e. The van der Waals surface area contributed by atoms with Crippen molar-refractivity contribution < 1.29 is 36.6 Å². The number of aromatic nitrogens is 1. The van der Waals surface area contributed by atoms with Crippen LogP contribution in [0.25, 0.3) is 16.6 Å². The first kappa shape index (κ1) is 32.4. The lowest BCUT2D eigenvalue weighted by Gasteiger charge is -2.36. The zero-order valence-electron chi connectivity index (χ0n) is 25.1. The number of hydrogen-bond donors (Lipinski definition) is 2. The highest BCUT2D eigenvalue weighted by atomic mass is 19.4. The van der Waals surface area contributed by atoms with E-state index in [-0.39, 0.29) is 22.3 Å². The average molecular weight is 663 g/mol. The Labute approximate surface area is 270 Å². The van der Waals surface area contributed by atoms with Crippen molar-refractivity contribution in [2.24, 2.45) is 0 Å². The van der Waals surface area contributed by atoms with E-state index in [0.29, 0.717) is 44.0 Å². The van der Waals surface area contributed by atoms with E-state index in [0.717, 1.165) is 30.0 Å². The number of rotatable bonds is 7. The number of carboxylic acids is 1. The number of halogens is 5. The first-order chi connectivity index (χ1) is 22.9. The van der Waals surface area contributed by atoms with Gasteiger partial charge in [-0.3, -0.25) is 14.5 Å². The molecular weight excluding hydrogens is 635 g/mol. The van der Waals surface area contributed by atoms with E-state index in [2.05, 4.69) is 10.2 Å². The summed E-state index contributed by atoms with van der Waals surface area (Å²) in [6, 6.07) is 18.8. The van der Waals surface area contributed by atoms with Gasteiger partial charge >= 0.3 is 12.1 Å². The number of hydrogen-bond acceptors (Lipinski definition) is 5. The molecule has 246 valence electrons. The van der Waals surface area contributed by atoms with Crippen LogP contribution in [0.15, 0.2) is 95.9 Å². The second kappa shape index (κ2) is 12.9. The second-order valence-electron chi connectivity index (χ2n) is 11.3. The summed E-state index contributed by atoms with van der Waals surface area (Å²) in [4.78, 5) is 41.3. The molecule has 0 unspecified atom stereocenters. The summed E-state index contributed by atoms with van der Waals surface area (Å²) in [7, 11) is 0. The number of nitrogens with zero attached hydrogens (tertiary/aromatic N) is 3. The van der Waals surface area contributed by atoms with Crippen molar-refractivity contribution in [1.29, 1.82) is 0 Å². The van der Waals surface area contributed by atoms with E-state index in [4.69, 9.17) is 0 Å². The van der Waals surface area contributed by atoms with Crippen LogP contribution in [0, 0.1) is 11.6 Å². The van der Waals surface area contributed by atoms with Crippen molar-refractivity contribution in [3.63, 3.8) is 0 Å². The number of aromatic carboxylic acids is 1. The molecule has 0 aliphatic carbocycles. The van der Waals surface area contributed by atoms with Gasteiger partial charge in [0.1, 0.15) is 17.2 Å². The summed E-state index contributed by atoms with van der Waals surface area (Å²) in [5.41, 5.74) is 0.234. The van der Waals surface area contributed by atoms with Gasteiger partial charge in [-0.15, -0.1) is 0 Å². The molecule has 0 spiro atoms. The number of benzene rings is 4. The van der Waals surface area contributed by atoms with E-state index < -0.39 is 46.2 Å². The minimum absolute atomic E-state index is 0.115. The number of anilines is 2. The van der Waals surface area contributed by atoms with Crippen LogP contribution in [0.4, 0.5) is 33.3 Å². The van der Waals surface area contributed by atoms with Gasteiger partial charge in [-0.25, -0.2) is 13.6 Å². The first-order valence-electron chi connectivity index (χ1n) is 14.8. The van der Waals surface area contributed by atoms with Crippen molar-refractivity contribution in [3.8, 4) is 5.69 Å². The Bertz CT molecular complexity index is 2050. The van der Waals surface area contributed by atoms with Gasteiger partial charge in [-0.05, 0) is 78.4 Å². The number of pyridine rings is 1. The Hall–Kier alpha value is -5.56. The molecule has 0 radical (unpaired) electrons. The van der Waals surface area contributed by atoms with Crippen LogP contribution >= 0.6 is 0 Å². The van der Waals surface area contributed by atoms with Gasteiger partial charge in [0.2, 0.25) is 5.43 Å². The molecule has 13 heteroatoms. The summed E-state index contributed by atoms with van der Waals surface area (Å²) < 4.78 is 68.9. The maximum Gasteiger partial charge on any atom is 0.416 e.